The second-order valence-electron chi connectivity index (χ2n) is 5.17. The largest absolute Gasteiger partial charge is 0.386 e. The van der Waals surface area contributed by atoms with Gasteiger partial charge in [0.1, 0.15) is 5.82 Å². The van der Waals surface area contributed by atoms with Crippen LogP contribution in [0.2, 0.25) is 0 Å². The van der Waals surface area contributed by atoms with E-state index < -0.39 is 6.10 Å². The Morgan fingerprint density at radius 2 is 1.70 bits per heavy atom. The summed E-state index contributed by atoms with van der Waals surface area (Å²) >= 11 is 0. The Morgan fingerprint density at radius 3 is 2.39 bits per heavy atom. The van der Waals surface area contributed by atoms with Crippen LogP contribution in [0, 0.1) is 5.82 Å². The fourth-order valence-corrected chi connectivity index (χ4v) is 2.30. The summed E-state index contributed by atoms with van der Waals surface area (Å²) in [5, 5.41) is 14.5. The second-order valence-corrected chi connectivity index (χ2v) is 5.17. The maximum absolute atomic E-state index is 13.0. The van der Waals surface area contributed by atoms with Gasteiger partial charge >= 0.3 is 0 Å². The van der Waals surface area contributed by atoms with E-state index in [2.05, 4.69) is 5.10 Å². The van der Waals surface area contributed by atoms with Crippen molar-refractivity contribution >= 4 is 0 Å². The highest BCUT2D eigenvalue weighted by Crippen LogP contribution is 2.17. The molecule has 23 heavy (non-hydrogen) atoms. The van der Waals surface area contributed by atoms with Gasteiger partial charge in [0.15, 0.2) is 0 Å². The zero-order chi connectivity index (χ0) is 16.2. The molecule has 0 aliphatic carbocycles. The van der Waals surface area contributed by atoms with E-state index in [-0.39, 0.29) is 17.9 Å². The van der Waals surface area contributed by atoms with Gasteiger partial charge in [0.2, 0.25) is 0 Å². The third kappa shape index (κ3) is 3.52. The molecule has 0 unspecified atom stereocenters. The molecule has 4 nitrogen and oxygen atoms in total. The molecule has 0 bridgehead atoms. The van der Waals surface area contributed by atoms with Gasteiger partial charge in [-0.05, 0) is 35.9 Å². The van der Waals surface area contributed by atoms with Crippen molar-refractivity contribution in [2.24, 2.45) is 0 Å². The molecule has 1 N–H and O–H groups in total. The van der Waals surface area contributed by atoms with E-state index in [1.165, 1.54) is 22.9 Å². The third-order valence-electron chi connectivity index (χ3n) is 3.54. The Bertz CT molecular complexity index is 845. The Hall–Kier alpha value is -2.79. The highest BCUT2D eigenvalue weighted by atomic mass is 19.1. The predicted octanol–water partition coefficient (Wildman–Crippen LogP) is 2.78. The van der Waals surface area contributed by atoms with Gasteiger partial charge < -0.3 is 5.11 Å². The molecule has 116 valence electrons. The van der Waals surface area contributed by atoms with Gasteiger partial charge in [0.25, 0.3) is 5.56 Å². The number of hydrogen-bond acceptors (Lipinski definition) is 3. The zero-order valence-corrected chi connectivity index (χ0v) is 12.3. The van der Waals surface area contributed by atoms with Crippen LogP contribution in [-0.4, -0.2) is 14.9 Å². The van der Waals surface area contributed by atoms with Gasteiger partial charge in [-0.25, -0.2) is 9.07 Å². The number of benzene rings is 2. The summed E-state index contributed by atoms with van der Waals surface area (Å²) in [4.78, 5) is 12.0. The fraction of sp³-hybridized carbons (Fsp3) is 0.111. The molecule has 0 spiro atoms. The van der Waals surface area contributed by atoms with E-state index in [9.17, 15) is 14.3 Å². The topological polar surface area (TPSA) is 55.1 Å². The van der Waals surface area contributed by atoms with Crippen LogP contribution in [0.25, 0.3) is 11.3 Å². The molecule has 1 atom stereocenters. The summed E-state index contributed by atoms with van der Waals surface area (Å²) in [5.41, 5.74) is 1.67. The Labute approximate surface area is 132 Å². The first-order chi connectivity index (χ1) is 11.1. The average molecular weight is 310 g/mol. The minimum atomic E-state index is -0.829. The normalized spacial score (nSPS) is 12.1. The standard InChI is InChI=1S/C18H15FN2O2/c19-15-8-6-13(7-9-15)16-10-11-18(23)21(20-16)12-17(22)14-4-2-1-3-5-14/h1-11,17,22H,12H2/t17-/m0/s1. The van der Waals surface area contributed by atoms with Gasteiger partial charge in [-0.2, -0.15) is 5.10 Å². The molecule has 1 aromatic heterocycles. The minimum Gasteiger partial charge on any atom is -0.386 e. The van der Waals surface area contributed by atoms with Crippen LogP contribution in [0.4, 0.5) is 4.39 Å². The molecule has 5 heteroatoms. The van der Waals surface area contributed by atoms with E-state index >= 15 is 0 Å². The molecular weight excluding hydrogens is 295 g/mol. The van der Waals surface area contributed by atoms with Crippen LogP contribution in [0.1, 0.15) is 11.7 Å². The summed E-state index contributed by atoms with van der Waals surface area (Å²) < 4.78 is 14.2. The predicted molar refractivity (Wildman–Crippen MR) is 85.3 cm³/mol. The molecule has 0 aliphatic rings. The maximum atomic E-state index is 13.0. The van der Waals surface area contributed by atoms with Crippen LogP contribution in [0.15, 0.2) is 71.5 Å². The maximum Gasteiger partial charge on any atom is 0.266 e. The lowest BCUT2D eigenvalue weighted by molar-refractivity contribution is 0.149. The SMILES string of the molecule is O=c1ccc(-c2ccc(F)cc2)nn1C[C@H](O)c1ccccc1. The minimum absolute atomic E-state index is 0.0535. The van der Waals surface area contributed by atoms with Gasteiger partial charge in [-0.3, -0.25) is 4.79 Å². The molecule has 0 saturated heterocycles. The second kappa shape index (κ2) is 6.54. The lowest BCUT2D eigenvalue weighted by atomic mass is 10.1. The van der Waals surface area contributed by atoms with Crippen molar-refractivity contribution in [3.8, 4) is 11.3 Å². The van der Waals surface area contributed by atoms with E-state index in [0.29, 0.717) is 16.8 Å². The van der Waals surface area contributed by atoms with E-state index in [1.54, 1.807) is 30.3 Å². The monoisotopic (exact) mass is 310 g/mol. The molecule has 2 aromatic carbocycles. The first-order valence-corrected chi connectivity index (χ1v) is 7.20. The van der Waals surface area contributed by atoms with Crippen molar-refractivity contribution in [3.05, 3.63) is 88.5 Å². The van der Waals surface area contributed by atoms with Crippen molar-refractivity contribution in [1.82, 2.24) is 9.78 Å². The number of hydrogen-bond donors (Lipinski definition) is 1. The highest BCUT2D eigenvalue weighted by molar-refractivity contribution is 5.57. The van der Waals surface area contributed by atoms with Crippen LogP contribution >= 0.6 is 0 Å². The number of nitrogens with zero attached hydrogens (tertiary/aromatic N) is 2. The number of aromatic nitrogens is 2. The molecule has 0 fully saturated rings. The molecule has 0 saturated carbocycles. The van der Waals surface area contributed by atoms with Gasteiger partial charge in [-0.15, -0.1) is 0 Å². The highest BCUT2D eigenvalue weighted by Gasteiger charge is 2.11. The van der Waals surface area contributed by atoms with Crippen molar-refractivity contribution in [2.45, 2.75) is 12.6 Å². The van der Waals surface area contributed by atoms with Crippen LogP contribution in [-0.2, 0) is 6.54 Å². The van der Waals surface area contributed by atoms with Crippen molar-refractivity contribution < 1.29 is 9.50 Å². The van der Waals surface area contributed by atoms with Crippen LogP contribution in [0.5, 0.6) is 0 Å². The van der Waals surface area contributed by atoms with E-state index in [4.69, 9.17) is 0 Å². The molecule has 0 amide bonds. The zero-order valence-electron chi connectivity index (χ0n) is 12.3. The summed E-state index contributed by atoms with van der Waals surface area (Å²) in [6, 6.07) is 17.9. The number of aliphatic hydroxyl groups is 1. The lowest BCUT2D eigenvalue weighted by Crippen LogP contribution is -2.25. The first-order valence-electron chi connectivity index (χ1n) is 7.20. The van der Waals surface area contributed by atoms with E-state index in [0.717, 1.165) is 0 Å². The fourth-order valence-electron chi connectivity index (χ4n) is 2.30. The van der Waals surface area contributed by atoms with E-state index in [1.807, 2.05) is 18.2 Å². The molecule has 0 radical (unpaired) electrons. The summed E-state index contributed by atoms with van der Waals surface area (Å²) in [6.07, 6.45) is -0.829. The number of aliphatic hydroxyl groups excluding tert-OH is 1. The van der Waals surface area contributed by atoms with Gasteiger partial charge in [0.05, 0.1) is 18.3 Å². The van der Waals surface area contributed by atoms with Crippen LogP contribution in [0.3, 0.4) is 0 Å². The summed E-state index contributed by atoms with van der Waals surface area (Å²) in [7, 11) is 0. The lowest BCUT2D eigenvalue weighted by Gasteiger charge is -2.13. The van der Waals surface area contributed by atoms with Crippen LogP contribution < -0.4 is 5.56 Å². The summed E-state index contributed by atoms with van der Waals surface area (Å²) in [5.74, 6) is -0.332. The van der Waals surface area contributed by atoms with Crippen molar-refractivity contribution in [1.29, 1.82) is 0 Å². The summed E-state index contributed by atoms with van der Waals surface area (Å²) in [6.45, 7) is 0.0535. The smallest absolute Gasteiger partial charge is 0.266 e. The van der Waals surface area contributed by atoms with Crippen molar-refractivity contribution in [3.63, 3.8) is 0 Å². The van der Waals surface area contributed by atoms with Gasteiger partial charge in [0, 0.05) is 11.6 Å². The molecular formula is C18H15FN2O2. The Kier molecular flexibility index (Phi) is 4.30. The number of rotatable bonds is 4. The molecule has 3 aromatic rings. The van der Waals surface area contributed by atoms with Crippen molar-refractivity contribution in [2.75, 3.05) is 0 Å². The molecule has 3 rings (SSSR count). The third-order valence-corrected chi connectivity index (χ3v) is 3.54. The molecule has 0 aliphatic heterocycles. The van der Waals surface area contributed by atoms with Gasteiger partial charge in [-0.1, -0.05) is 30.3 Å². The first kappa shape index (κ1) is 15.1. The molecule has 1 heterocycles. The average Bonchev–Trinajstić information content (AvgIpc) is 2.58. The Balaban J connectivity index is 1.89. The number of halogens is 1. The Morgan fingerprint density at radius 1 is 1.00 bits per heavy atom. The quantitative estimate of drug-likeness (QED) is 0.806.